The van der Waals surface area contributed by atoms with Crippen LogP contribution in [0.2, 0.25) is 0 Å². The monoisotopic (exact) mass is 455 g/mol. The van der Waals surface area contributed by atoms with E-state index >= 15 is 0 Å². The number of rotatable bonds is 8. The minimum Gasteiger partial charge on any atom is -0.451 e. The number of benzene rings is 3. The smallest absolute Gasteiger partial charge is 0.359 e. The zero-order valence-corrected chi connectivity index (χ0v) is 18.9. The van der Waals surface area contributed by atoms with Gasteiger partial charge in [0.25, 0.3) is 11.5 Å². The number of ether oxygens (including phenoxy) is 1. The number of carbonyl (C=O) groups is 2. The number of hydrogen-bond donors (Lipinski definition) is 0. The third kappa shape index (κ3) is 5.20. The molecule has 1 heterocycles. The Kier molecular flexibility index (Phi) is 7.13. The molecule has 0 saturated heterocycles. The predicted octanol–water partition coefficient (Wildman–Crippen LogP) is 3.65. The Balaban J connectivity index is 1.55. The summed E-state index contributed by atoms with van der Waals surface area (Å²) in [5, 5.41) is 5.07. The largest absolute Gasteiger partial charge is 0.451 e. The Hall–Kier alpha value is -4.26. The topological polar surface area (TPSA) is 81.5 Å². The Morgan fingerprint density at radius 2 is 1.44 bits per heavy atom. The van der Waals surface area contributed by atoms with Gasteiger partial charge in [-0.3, -0.25) is 9.59 Å². The number of hydrogen-bond acceptors (Lipinski definition) is 5. The van der Waals surface area contributed by atoms with Crippen molar-refractivity contribution in [3.05, 3.63) is 112 Å². The van der Waals surface area contributed by atoms with E-state index in [1.54, 1.807) is 29.2 Å². The molecule has 0 N–H and O–H groups in total. The summed E-state index contributed by atoms with van der Waals surface area (Å²) in [4.78, 5) is 40.3. The average molecular weight is 456 g/mol. The molecule has 7 heteroatoms. The van der Waals surface area contributed by atoms with Gasteiger partial charge in [0, 0.05) is 18.5 Å². The summed E-state index contributed by atoms with van der Waals surface area (Å²) >= 11 is 0. The number of esters is 1. The minimum atomic E-state index is -0.748. The zero-order valence-electron chi connectivity index (χ0n) is 18.9. The zero-order chi connectivity index (χ0) is 23.9. The Labute approximate surface area is 197 Å². The van der Waals surface area contributed by atoms with Crippen LogP contribution in [0.3, 0.4) is 0 Å². The molecule has 1 amide bonds. The van der Waals surface area contributed by atoms with E-state index in [1.807, 2.05) is 67.6 Å². The van der Waals surface area contributed by atoms with Crippen LogP contribution in [0, 0.1) is 0 Å². The van der Waals surface area contributed by atoms with Gasteiger partial charge in [-0.2, -0.15) is 5.10 Å². The van der Waals surface area contributed by atoms with Crippen LogP contribution in [0.15, 0.2) is 89.7 Å². The van der Waals surface area contributed by atoms with E-state index < -0.39 is 12.6 Å². The molecule has 0 spiro atoms. The fourth-order valence-electron chi connectivity index (χ4n) is 3.72. The molecule has 0 aliphatic carbocycles. The third-order valence-corrected chi connectivity index (χ3v) is 5.51. The van der Waals surface area contributed by atoms with E-state index in [0.717, 1.165) is 11.1 Å². The van der Waals surface area contributed by atoms with Crippen LogP contribution in [0.1, 0.15) is 28.5 Å². The fourth-order valence-corrected chi connectivity index (χ4v) is 3.72. The summed E-state index contributed by atoms with van der Waals surface area (Å²) < 4.78 is 6.61. The summed E-state index contributed by atoms with van der Waals surface area (Å²) in [5.74, 6) is -1.05. The lowest BCUT2D eigenvalue weighted by Gasteiger charge is -2.21. The van der Waals surface area contributed by atoms with Crippen molar-refractivity contribution in [1.29, 1.82) is 0 Å². The molecule has 0 unspecified atom stereocenters. The first-order valence-electron chi connectivity index (χ1n) is 11.1. The maximum absolute atomic E-state index is 13.0. The molecule has 34 heavy (non-hydrogen) atoms. The standard InChI is InChI=1S/C27H25N3O4/c1-2-29(17-20-11-5-3-6-12-20)24(31)19-34-27(33)25-22-15-9-10-16-23(22)26(32)30(28-25)18-21-13-7-4-8-14-21/h3-16H,2,17-19H2,1H3. The van der Waals surface area contributed by atoms with Gasteiger partial charge in [0.2, 0.25) is 0 Å². The number of amides is 1. The quantitative estimate of drug-likeness (QED) is 0.379. The SMILES string of the molecule is CCN(Cc1ccccc1)C(=O)COC(=O)c1nn(Cc2ccccc2)c(=O)c2ccccc12. The number of carbonyl (C=O) groups excluding carboxylic acids is 2. The lowest BCUT2D eigenvalue weighted by Crippen LogP contribution is -2.34. The average Bonchev–Trinajstić information content (AvgIpc) is 2.88. The van der Waals surface area contributed by atoms with Gasteiger partial charge in [-0.1, -0.05) is 78.9 Å². The Bertz CT molecular complexity index is 1350. The molecule has 0 aliphatic heterocycles. The number of likely N-dealkylation sites (N-methyl/N-ethyl adjacent to an activating group) is 1. The second kappa shape index (κ2) is 10.6. The summed E-state index contributed by atoms with van der Waals surface area (Å²) in [5.41, 5.74) is 1.57. The molecular formula is C27H25N3O4. The Morgan fingerprint density at radius 3 is 2.09 bits per heavy atom. The van der Waals surface area contributed by atoms with Crippen LogP contribution >= 0.6 is 0 Å². The van der Waals surface area contributed by atoms with Crippen molar-refractivity contribution in [2.24, 2.45) is 0 Å². The van der Waals surface area contributed by atoms with Gasteiger partial charge in [-0.25, -0.2) is 9.48 Å². The fraction of sp³-hybridized carbons (Fsp3) is 0.185. The van der Waals surface area contributed by atoms with E-state index in [2.05, 4.69) is 5.10 Å². The second-order valence-corrected chi connectivity index (χ2v) is 7.81. The van der Waals surface area contributed by atoms with Gasteiger partial charge < -0.3 is 9.64 Å². The van der Waals surface area contributed by atoms with Crippen molar-refractivity contribution in [2.45, 2.75) is 20.0 Å². The summed E-state index contributed by atoms with van der Waals surface area (Å²) in [7, 11) is 0. The first-order chi connectivity index (χ1) is 16.6. The highest BCUT2D eigenvalue weighted by atomic mass is 16.5. The minimum absolute atomic E-state index is 0.00467. The van der Waals surface area contributed by atoms with Crippen LogP contribution in [-0.2, 0) is 22.6 Å². The van der Waals surface area contributed by atoms with Crippen LogP contribution in [0.25, 0.3) is 10.8 Å². The van der Waals surface area contributed by atoms with Gasteiger partial charge in [-0.05, 0) is 24.1 Å². The van der Waals surface area contributed by atoms with Gasteiger partial charge in [0.05, 0.1) is 11.9 Å². The molecular weight excluding hydrogens is 430 g/mol. The predicted molar refractivity (Wildman–Crippen MR) is 129 cm³/mol. The van der Waals surface area contributed by atoms with Gasteiger partial charge in [-0.15, -0.1) is 0 Å². The molecule has 0 bridgehead atoms. The van der Waals surface area contributed by atoms with E-state index in [-0.39, 0.29) is 23.7 Å². The van der Waals surface area contributed by atoms with Gasteiger partial charge in [0.1, 0.15) is 0 Å². The highest BCUT2D eigenvalue weighted by Gasteiger charge is 2.21. The first-order valence-corrected chi connectivity index (χ1v) is 11.1. The van der Waals surface area contributed by atoms with Gasteiger partial charge >= 0.3 is 5.97 Å². The highest BCUT2D eigenvalue weighted by Crippen LogP contribution is 2.15. The summed E-state index contributed by atoms with van der Waals surface area (Å²) in [6, 6.07) is 25.8. The van der Waals surface area contributed by atoms with E-state index in [1.165, 1.54) is 4.68 Å². The molecule has 1 aromatic heterocycles. The molecule has 3 aromatic carbocycles. The van der Waals surface area contributed by atoms with Crippen molar-refractivity contribution >= 4 is 22.6 Å². The van der Waals surface area contributed by atoms with Crippen molar-refractivity contribution in [3.63, 3.8) is 0 Å². The Morgan fingerprint density at radius 1 is 0.853 bits per heavy atom. The lowest BCUT2D eigenvalue weighted by molar-refractivity contribution is -0.134. The van der Waals surface area contributed by atoms with Crippen LogP contribution in [0.4, 0.5) is 0 Å². The molecule has 7 nitrogen and oxygen atoms in total. The van der Waals surface area contributed by atoms with Crippen LogP contribution in [0.5, 0.6) is 0 Å². The molecule has 0 fully saturated rings. The van der Waals surface area contributed by atoms with Crippen molar-refractivity contribution in [1.82, 2.24) is 14.7 Å². The normalized spacial score (nSPS) is 10.7. The molecule has 0 radical (unpaired) electrons. The molecule has 4 aromatic rings. The maximum atomic E-state index is 13.0. The van der Waals surface area contributed by atoms with Crippen LogP contribution in [-0.4, -0.2) is 39.7 Å². The van der Waals surface area contributed by atoms with Gasteiger partial charge in [0.15, 0.2) is 12.3 Å². The van der Waals surface area contributed by atoms with Crippen LogP contribution < -0.4 is 5.56 Å². The third-order valence-electron chi connectivity index (χ3n) is 5.51. The van der Waals surface area contributed by atoms with Crippen molar-refractivity contribution in [2.75, 3.05) is 13.2 Å². The molecule has 0 aliphatic rings. The number of nitrogens with zero attached hydrogens (tertiary/aromatic N) is 3. The van der Waals surface area contributed by atoms with Crippen molar-refractivity contribution < 1.29 is 14.3 Å². The lowest BCUT2D eigenvalue weighted by atomic mass is 10.1. The summed E-state index contributed by atoms with van der Waals surface area (Å²) in [6.07, 6.45) is 0. The molecule has 172 valence electrons. The number of aromatic nitrogens is 2. The van der Waals surface area contributed by atoms with Crippen molar-refractivity contribution in [3.8, 4) is 0 Å². The van der Waals surface area contributed by atoms with E-state index in [4.69, 9.17) is 4.74 Å². The first kappa shape index (κ1) is 22.9. The second-order valence-electron chi connectivity index (χ2n) is 7.81. The maximum Gasteiger partial charge on any atom is 0.359 e. The van der Waals surface area contributed by atoms with E-state index in [0.29, 0.717) is 23.9 Å². The van der Waals surface area contributed by atoms with E-state index in [9.17, 15) is 14.4 Å². The molecule has 0 atom stereocenters. The highest BCUT2D eigenvalue weighted by molar-refractivity contribution is 6.02. The molecule has 4 rings (SSSR count). The summed E-state index contributed by atoms with van der Waals surface area (Å²) in [6.45, 7) is 2.58. The number of fused-ring (bicyclic) bond motifs is 1. The molecule has 0 saturated carbocycles.